The molecule has 10 heteroatoms. The van der Waals surface area contributed by atoms with Gasteiger partial charge in [0.05, 0.1) is 14.2 Å². The number of rotatable bonds is 9. The van der Waals surface area contributed by atoms with Crippen LogP contribution in [0.15, 0.2) is 143 Å². The molecule has 10 rings (SSSR count). The number of hydrogen-bond donors (Lipinski definition) is 2. The molecule has 2 N–H and O–H groups in total. The van der Waals surface area contributed by atoms with E-state index in [1.165, 1.54) is 0 Å². The lowest BCUT2D eigenvalue weighted by molar-refractivity contribution is -0.168. The molecule has 4 heterocycles. The van der Waals surface area contributed by atoms with Crippen LogP contribution < -0.4 is 18.9 Å². The number of ether oxygens (including phenoxy) is 4. The Bertz CT molecular complexity index is 2210. The Hall–Kier alpha value is -6.10. The molecule has 0 aromatic heterocycles. The average molecular weight is 749 g/mol. The molecule has 6 aliphatic rings. The predicted molar refractivity (Wildman–Crippen MR) is 208 cm³/mol. The second kappa shape index (κ2) is 13.3. The lowest BCUT2D eigenvalue weighted by atomic mass is 9.66. The summed E-state index contributed by atoms with van der Waals surface area (Å²) in [6.07, 6.45) is -2.46. The fourth-order valence-corrected chi connectivity index (χ4v) is 9.32. The van der Waals surface area contributed by atoms with Gasteiger partial charge in [0, 0.05) is 13.1 Å². The maximum absolute atomic E-state index is 13.8. The second-order valence-electron chi connectivity index (χ2n) is 15.0. The summed E-state index contributed by atoms with van der Waals surface area (Å²) in [7, 11) is 3.24. The fourth-order valence-electron chi connectivity index (χ4n) is 9.32. The molecule has 0 bridgehead atoms. The standard InChI is InChI=1S/C46H40N2O8/c1-53-27-17-13-25(14-18-27)37-33-21-31(35(33)23-47-39(41(37)49)43(45(47)51)55-29-9-5-3-6-10-29)32-22-34-36(32)24-48-40(44(46(48)52)56-30-11-7-4-8-12-30)42(50)38(34)26-15-19-28(54-2)20-16-26/h3-20,39-44,49-50H,21-24H2,1-2H3/t39?,40?,41-,42-,43-,44-/m1/s1. The molecule has 2 unspecified atom stereocenters. The van der Waals surface area contributed by atoms with E-state index in [1.807, 2.05) is 109 Å². The predicted octanol–water partition coefficient (Wildman–Crippen LogP) is 5.38. The normalized spacial score (nSPS) is 26.4. The molecule has 10 nitrogen and oxygen atoms in total. The van der Waals surface area contributed by atoms with Gasteiger partial charge in [0.15, 0.2) is 12.2 Å². The molecular formula is C46H40N2O8. The lowest BCUT2D eigenvalue weighted by Gasteiger charge is -2.48. The van der Waals surface area contributed by atoms with Crippen molar-refractivity contribution < 1.29 is 38.7 Å². The Balaban J connectivity index is 1.07. The van der Waals surface area contributed by atoms with Crippen molar-refractivity contribution in [2.45, 2.75) is 49.3 Å². The van der Waals surface area contributed by atoms with E-state index in [1.54, 1.807) is 24.0 Å². The minimum Gasteiger partial charge on any atom is -0.497 e. The quantitative estimate of drug-likeness (QED) is 0.220. The molecular weight excluding hydrogens is 709 g/mol. The number of nitrogens with zero attached hydrogens (tertiary/aromatic N) is 2. The lowest BCUT2D eigenvalue weighted by Crippen LogP contribution is -2.70. The Labute approximate surface area is 324 Å². The third-order valence-electron chi connectivity index (χ3n) is 12.3. The van der Waals surface area contributed by atoms with Crippen LogP contribution in [0.3, 0.4) is 0 Å². The van der Waals surface area contributed by atoms with Gasteiger partial charge in [-0.2, -0.15) is 0 Å². The monoisotopic (exact) mass is 748 g/mol. The van der Waals surface area contributed by atoms with Gasteiger partial charge in [0.2, 0.25) is 0 Å². The van der Waals surface area contributed by atoms with Crippen LogP contribution in [0.2, 0.25) is 0 Å². The van der Waals surface area contributed by atoms with Crippen LogP contribution in [0.5, 0.6) is 23.0 Å². The second-order valence-corrected chi connectivity index (χ2v) is 15.0. The first kappa shape index (κ1) is 34.4. The van der Waals surface area contributed by atoms with E-state index >= 15 is 0 Å². The molecule has 0 spiro atoms. The van der Waals surface area contributed by atoms with Gasteiger partial charge >= 0.3 is 0 Å². The molecule has 6 atom stereocenters. The third-order valence-corrected chi connectivity index (χ3v) is 12.3. The summed E-state index contributed by atoms with van der Waals surface area (Å²) >= 11 is 0. The number of amides is 2. The molecule has 2 fully saturated rings. The van der Waals surface area contributed by atoms with E-state index in [2.05, 4.69) is 0 Å². The van der Waals surface area contributed by atoms with Crippen LogP contribution in [0, 0.1) is 0 Å². The highest BCUT2D eigenvalue weighted by atomic mass is 16.5. The zero-order chi connectivity index (χ0) is 38.2. The molecule has 56 heavy (non-hydrogen) atoms. The zero-order valence-corrected chi connectivity index (χ0v) is 30.9. The van der Waals surface area contributed by atoms with Gasteiger partial charge in [0.1, 0.15) is 47.3 Å². The minimum atomic E-state index is -0.992. The summed E-state index contributed by atoms with van der Waals surface area (Å²) in [6, 6.07) is 32.6. The fraction of sp³-hybridized carbons (Fsp3) is 0.261. The summed E-state index contributed by atoms with van der Waals surface area (Å²) < 4.78 is 23.3. The summed E-state index contributed by atoms with van der Waals surface area (Å²) in [4.78, 5) is 31.1. The van der Waals surface area contributed by atoms with Gasteiger partial charge in [-0.25, -0.2) is 0 Å². The molecule has 0 radical (unpaired) electrons. The topological polar surface area (TPSA) is 118 Å². The van der Waals surface area contributed by atoms with Gasteiger partial charge in [-0.05, 0) is 117 Å². The first-order chi connectivity index (χ1) is 27.3. The number of carbonyl (C=O) groups is 2. The summed E-state index contributed by atoms with van der Waals surface area (Å²) in [6.45, 7) is 0.670. The Kier molecular flexibility index (Phi) is 8.16. The van der Waals surface area contributed by atoms with Gasteiger partial charge in [-0.15, -0.1) is 0 Å². The van der Waals surface area contributed by atoms with Crippen molar-refractivity contribution in [2.24, 2.45) is 0 Å². The largest absolute Gasteiger partial charge is 0.497 e. The van der Waals surface area contributed by atoms with E-state index in [4.69, 9.17) is 18.9 Å². The molecule has 4 aliphatic heterocycles. The van der Waals surface area contributed by atoms with Gasteiger partial charge < -0.3 is 39.0 Å². The number of aliphatic hydroxyl groups is 2. The number of allylic oxidation sites excluding steroid dienone is 2. The van der Waals surface area contributed by atoms with E-state index in [0.717, 1.165) is 55.7 Å². The van der Waals surface area contributed by atoms with Crippen LogP contribution in [0.25, 0.3) is 11.1 Å². The summed E-state index contributed by atoms with van der Waals surface area (Å²) in [5, 5.41) is 24.4. The SMILES string of the molecule is COc1ccc(C2=C3CC(C4=C5CN6C(=O)[C@H](Oc7ccccc7)C6[C@H](O)C(c6ccc(OC)cc6)=C5C4)=C3CN3C(=O)[C@H](Oc4ccccc4)C3[C@@H]2O)cc1. The van der Waals surface area contributed by atoms with Crippen molar-refractivity contribution in [3.05, 3.63) is 154 Å². The number of carbonyl (C=O) groups excluding carboxylic acids is 2. The number of fused-ring (bicyclic) bond motifs is 4. The zero-order valence-electron chi connectivity index (χ0n) is 30.9. The van der Waals surface area contributed by atoms with E-state index < -0.39 is 36.5 Å². The highest BCUT2D eigenvalue weighted by Crippen LogP contribution is 2.56. The Morgan fingerprint density at radius 2 is 0.857 bits per heavy atom. The minimum absolute atomic E-state index is 0.170. The third kappa shape index (κ3) is 5.23. The van der Waals surface area contributed by atoms with Crippen LogP contribution in [-0.4, -0.2) is 95.6 Å². The van der Waals surface area contributed by atoms with Gasteiger partial charge in [-0.3, -0.25) is 9.59 Å². The highest BCUT2D eigenvalue weighted by molar-refractivity contribution is 5.96. The number of aliphatic hydroxyl groups excluding tert-OH is 2. The highest BCUT2D eigenvalue weighted by Gasteiger charge is 2.59. The smallest absolute Gasteiger partial charge is 0.266 e. The average Bonchev–Trinajstić information content (AvgIpc) is 3.36. The van der Waals surface area contributed by atoms with Crippen molar-refractivity contribution in [3.63, 3.8) is 0 Å². The molecule has 4 aromatic carbocycles. The first-order valence-electron chi connectivity index (χ1n) is 18.9. The van der Waals surface area contributed by atoms with Crippen molar-refractivity contribution in [2.75, 3.05) is 27.3 Å². The number of benzene rings is 4. The van der Waals surface area contributed by atoms with E-state index in [-0.39, 0.29) is 11.8 Å². The van der Waals surface area contributed by atoms with E-state index in [9.17, 15) is 19.8 Å². The Morgan fingerprint density at radius 3 is 1.21 bits per heavy atom. The molecule has 4 aromatic rings. The van der Waals surface area contributed by atoms with E-state index in [0.29, 0.717) is 48.9 Å². The molecule has 2 amide bonds. The number of methoxy groups -OCH3 is 2. The molecule has 0 saturated carbocycles. The summed E-state index contributed by atoms with van der Waals surface area (Å²) in [5.41, 5.74) is 9.56. The van der Waals surface area contributed by atoms with Gasteiger partial charge in [-0.1, -0.05) is 60.7 Å². The summed E-state index contributed by atoms with van der Waals surface area (Å²) in [5.74, 6) is 2.22. The maximum Gasteiger partial charge on any atom is 0.266 e. The van der Waals surface area contributed by atoms with Crippen LogP contribution >= 0.6 is 0 Å². The number of β-lactam (4-membered cyclic amide) rings is 2. The van der Waals surface area contributed by atoms with Crippen molar-refractivity contribution in [1.29, 1.82) is 0 Å². The van der Waals surface area contributed by atoms with Crippen molar-refractivity contribution in [1.82, 2.24) is 9.80 Å². The maximum atomic E-state index is 13.8. The number of para-hydroxylation sites is 2. The van der Waals surface area contributed by atoms with Gasteiger partial charge in [0.25, 0.3) is 11.8 Å². The van der Waals surface area contributed by atoms with Crippen molar-refractivity contribution >= 4 is 23.0 Å². The Morgan fingerprint density at radius 1 is 0.482 bits per heavy atom. The van der Waals surface area contributed by atoms with Crippen LogP contribution in [0.1, 0.15) is 24.0 Å². The van der Waals surface area contributed by atoms with Crippen molar-refractivity contribution in [3.8, 4) is 23.0 Å². The first-order valence-corrected chi connectivity index (χ1v) is 18.9. The molecule has 2 saturated heterocycles. The van der Waals surface area contributed by atoms with Crippen LogP contribution in [-0.2, 0) is 9.59 Å². The molecule has 2 aliphatic carbocycles. The number of hydrogen-bond acceptors (Lipinski definition) is 8. The van der Waals surface area contributed by atoms with Crippen LogP contribution in [0.4, 0.5) is 0 Å². The molecule has 282 valence electrons.